The molecule has 2 N–H and O–H groups in total. The largest absolute Gasteiger partial charge is 0.392 e. The molecule has 0 bridgehead atoms. The minimum absolute atomic E-state index is 0.0530. The number of aldehydes is 1. The van der Waals surface area contributed by atoms with Gasteiger partial charge >= 0.3 is 0 Å². The van der Waals surface area contributed by atoms with Gasteiger partial charge in [0.25, 0.3) is 0 Å². The average molecular weight is 372 g/mol. The maximum absolute atomic E-state index is 14.8. The van der Waals surface area contributed by atoms with Gasteiger partial charge in [-0.2, -0.15) is 0 Å². The Morgan fingerprint density at radius 1 is 1.26 bits per heavy atom. The highest BCUT2D eigenvalue weighted by Gasteiger charge is 2.18. The van der Waals surface area contributed by atoms with Gasteiger partial charge in [-0.3, -0.25) is 9.69 Å². The second-order valence-corrected chi connectivity index (χ2v) is 6.82. The van der Waals surface area contributed by atoms with Gasteiger partial charge in [-0.1, -0.05) is 12.1 Å². The third-order valence-corrected chi connectivity index (χ3v) is 4.78. The van der Waals surface area contributed by atoms with E-state index in [0.717, 1.165) is 29.9 Å². The van der Waals surface area contributed by atoms with Gasteiger partial charge in [-0.25, -0.2) is 4.39 Å². The lowest BCUT2D eigenvalue weighted by atomic mass is 9.99. The van der Waals surface area contributed by atoms with E-state index in [4.69, 9.17) is 4.74 Å². The van der Waals surface area contributed by atoms with E-state index >= 15 is 0 Å². The van der Waals surface area contributed by atoms with Crippen LogP contribution in [0, 0.1) is 5.82 Å². The number of aliphatic hydroxyl groups is 1. The molecule has 0 radical (unpaired) electrons. The summed E-state index contributed by atoms with van der Waals surface area (Å²) in [4.78, 5) is 13.6. The highest BCUT2D eigenvalue weighted by Crippen LogP contribution is 2.26. The standard InChI is InChI=1S/C21H25FN2O3/c1-15(23-19-4-2-3-16(10-19)13-25)20-11-17(9-18(14-26)21(20)22)12-24-5-7-27-8-6-24/h2-4,9-11,14-15,23,25H,5-8,12-13H2,1H3. The van der Waals surface area contributed by atoms with E-state index in [1.54, 1.807) is 6.07 Å². The predicted octanol–water partition coefficient (Wildman–Crippen LogP) is 3.14. The van der Waals surface area contributed by atoms with Crippen LogP contribution < -0.4 is 5.32 Å². The highest BCUT2D eigenvalue weighted by atomic mass is 19.1. The van der Waals surface area contributed by atoms with Crippen molar-refractivity contribution in [1.82, 2.24) is 4.90 Å². The first kappa shape index (κ1) is 19.5. The number of rotatable bonds is 7. The first-order valence-corrected chi connectivity index (χ1v) is 9.14. The van der Waals surface area contributed by atoms with E-state index in [2.05, 4.69) is 10.2 Å². The number of halogens is 1. The van der Waals surface area contributed by atoms with Crippen molar-refractivity contribution in [3.8, 4) is 0 Å². The number of ether oxygens (including phenoxy) is 1. The lowest BCUT2D eigenvalue weighted by Gasteiger charge is -2.27. The molecular weight excluding hydrogens is 347 g/mol. The van der Waals surface area contributed by atoms with Gasteiger partial charge in [-0.05, 0) is 42.3 Å². The number of carbonyl (C=O) groups is 1. The zero-order valence-electron chi connectivity index (χ0n) is 15.5. The number of nitrogens with zero attached hydrogens (tertiary/aromatic N) is 1. The Morgan fingerprint density at radius 2 is 2.04 bits per heavy atom. The molecule has 6 heteroatoms. The van der Waals surface area contributed by atoms with E-state index in [9.17, 15) is 14.3 Å². The van der Waals surface area contributed by atoms with Gasteiger partial charge < -0.3 is 15.2 Å². The number of aliphatic hydroxyl groups excluding tert-OH is 1. The second kappa shape index (κ2) is 9.08. The third kappa shape index (κ3) is 4.91. The van der Waals surface area contributed by atoms with Crippen LogP contribution in [-0.2, 0) is 17.9 Å². The van der Waals surface area contributed by atoms with E-state index < -0.39 is 5.82 Å². The average Bonchev–Trinajstić information content (AvgIpc) is 2.70. The summed E-state index contributed by atoms with van der Waals surface area (Å²) >= 11 is 0. The van der Waals surface area contributed by atoms with Crippen molar-refractivity contribution in [2.24, 2.45) is 0 Å². The van der Waals surface area contributed by atoms with Crippen molar-refractivity contribution < 1.29 is 19.0 Å². The van der Waals surface area contributed by atoms with Crippen molar-refractivity contribution in [2.75, 3.05) is 31.6 Å². The van der Waals surface area contributed by atoms with Gasteiger partial charge in [0.15, 0.2) is 6.29 Å². The molecule has 1 aliphatic rings. The summed E-state index contributed by atoms with van der Waals surface area (Å²) in [5.41, 5.74) is 3.01. The summed E-state index contributed by atoms with van der Waals surface area (Å²) in [5.74, 6) is -0.492. The number of benzene rings is 2. The summed E-state index contributed by atoms with van der Waals surface area (Å²) in [6.45, 7) is 5.49. The Hall–Kier alpha value is -2.28. The number of hydrogen-bond acceptors (Lipinski definition) is 5. The van der Waals surface area contributed by atoms with Crippen LogP contribution >= 0.6 is 0 Å². The number of anilines is 1. The molecule has 0 saturated carbocycles. The molecule has 3 rings (SSSR count). The third-order valence-electron chi connectivity index (χ3n) is 4.78. The van der Waals surface area contributed by atoms with Crippen LogP contribution in [0.25, 0.3) is 0 Å². The lowest BCUT2D eigenvalue weighted by Crippen LogP contribution is -2.35. The first-order valence-electron chi connectivity index (χ1n) is 9.14. The predicted molar refractivity (Wildman–Crippen MR) is 102 cm³/mol. The van der Waals surface area contributed by atoms with Crippen LogP contribution in [0.2, 0.25) is 0 Å². The molecule has 2 aromatic carbocycles. The molecule has 1 saturated heterocycles. The van der Waals surface area contributed by atoms with Crippen molar-refractivity contribution in [1.29, 1.82) is 0 Å². The number of nitrogens with one attached hydrogen (secondary N) is 1. The van der Waals surface area contributed by atoms with E-state index in [1.165, 1.54) is 0 Å². The normalized spacial score (nSPS) is 16.1. The fourth-order valence-corrected chi connectivity index (χ4v) is 3.33. The molecule has 1 atom stereocenters. The van der Waals surface area contributed by atoms with Crippen molar-refractivity contribution in [3.05, 3.63) is 64.5 Å². The summed E-state index contributed by atoms with van der Waals surface area (Å²) in [6.07, 6.45) is 0.570. The lowest BCUT2D eigenvalue weighted by molar-refractivity contribution is 0.0341. The van der Waals surface area contributed by atoms with E-state index in [1.807, 2.05) is 37.3 Å². The molecule has 1 unspecified atom stereocenters. The Kier molecular flexibility index (Phi) is 6.55. The highest BCUT2D eigenvalue weighted by molar-refractivity contribution is 5.76. The first-order chi connectivity index (χ1) is 13.1. The molecular formula is C21H25FN2O3. The minimum Gasteiger partial charge on any atom is -0.392 e. The summed E-state index contributed by atoms with van der Waals surface area (Å²) < 4.78 is 20.1. The minimum atomic E-state index is -0.492. The summed E-state index contributed by atoms with van der Waals surface area (Å²) in [5, 5.41) is 12.5. The fourth-order valence-electron chi connectivity index (χ4n) is 3.33. The van der Waals surface area contributed by atoms with Gasteiger partial charge in [0.2, 0.25) is 0 Å². The molecule has 2 aromatic rings. The van der Waals surface area contributed by atoms with Gasteiger partial charge in [-0.15, -0.1) is 0 Å². The summed E-state index contributed by atoms with van der Waals surface area (Å²) in [7, 11) is 0. The van der Waals surface area contributed by atoms with Crippen molar-refractivity contribution >= 4 is 12.0 Å². The monoisotopic (exact) mass is 372 g/mol. The van der Waals surface area contributed by atoms with Crippen LogP contribution in [0.1, 0.15) is 40.0 Å². The molecule has 27 heavy (non-hydrogen) atoms. The van der Waals surface area contributed by atoms with Gasteiger partial charge in [0.05, 0.1) is 31.4 Å². The summed E-state index contributed by atoms with van der Waals surface area (Å²) in [6, 6.07) is 10.5. The second-order valence-electron chi connectivity index (χ2n) is 6.82. The van der Waals surface area contributed by atoms with Gasteiger partial charge in [0, 0.05) is 30.9 Å². The number of hydrogen-bond donors (Lipinski definition) is 2. The molecule has 0 aromatic heterocycles. The SMILES string of the molecule is CC(Nc1cccc(CO)c1)c1cc(CN2CCOCC2)cc(C=O)c1F. The molecule has 144 valence electrons. The molecule has 1 aliphatic heterocycles. The maximum atomic E-state index is 14.8. The molecule has 0 spiro atoms. The van der Waals surface area contributed by atoms with Crippen molar-refractivity contribution in [3.63, 3.8) is 0 Å². The number of carbonyl (C=O) groups excluding carboxylic acids is 1. The molecule has 1 heterocycles. The van der Waals surface area contributed by atoms with Crippen LogP contribution in [0.15, 0.2) is 36.4 Å². The Balaban J connectivity index is 1.83. The smallest absolute Gasteiger partial charge is 0.153 e. The molecule has 1 fully saturated rings. The van der Waals surface area contributed by atoms with E-state index in [0.29, 0.717) is 31.6 Å². The van der Waals surface area contributed by atoms with Crippen LogP contribution in [-0.4, -0.2) is 42.6 Å². The van der Waals surface area contributed by atoms with Crippen LogP contribution in [0.3, 0.4) is 0 Å². The molecule has 5 nitrogen and oxygen atoms in total. The van der Waals surface area contributed by atoms with Crippen LogP contribution in [0.5, 0.6) is 0 Å². The number of morpholine rings is 1. The Morgan fingerprint density at radius 3 is 2.74 bits per heavy atom. The Bertz CT molecular complexity index is 791. The zero-order chi connectivity index (χ0) is 19.2. The Labute approximate surface area is 158 Å². The van der Waals surface area contributed by atoms with Crippen molar-refractivity contribution in [2.45, 2.75) is 26.1 Å². The topological polar surface area (TPSA) is 61.8 Å². The molecule has 0 aliphatic carbocycles. The fraction of sp³-hybridized carbons (Fsp3) is 0.381. The quantitative estimate of drug-likeness (QED) is 0.731. The van der Waals surface area contributed by atoms with Crippen LogP contribution in [0.4, 0.5) is 10.1 Å². The zero-order valence-corrected chi connectivity index (χ0v) is 15.5. The van der Waals surface area contributed by atoms with E-state index in [-0.39, 0.29) is 18.2 Å². The van der Waals surface area contributed by atoms with Gasteiger partial charge in [0.1, 0.15) is 5.82 Å². The molecule has 0 amide bonds. The maximum Gasteiger partial charge on any atom is 0.153 e.